The normalized spacial score (nSPS) is 13.7. The molecule has 0 fully saturated rings. The molecule has 0 radical (unpaired) electrons. The molecule has 1 aromatic carbocycles. The Morgan fingerprint density at radius 1 is 0.840 bits per heavy atom. The highest BCUT2D eigenvalue weighted by molar-refractivity contribution is 7.58. The standard InChI is InChI=1S/C23H39OP/c1-11-12-13-25-20(24)19-17(22(5,6)7)14-16(21(2,3)4)15-18(19)23(8,9)10/h14-15,25H,11-13H2,1-10H3. The fourth-order valence-electron chi connectivity index (χ4n) is 2.97. The summed E-state index contributed by atoms with van der Waals surface area (Å²) in [4.78, 5) is 13.2. The highest BCUT2D eigenvalue weighted by Gasteiger charge is 2.31. The molecule has 0 saturated heterocycles. The molecule has 2 heteroatoms. The average Bonchev–Trinajstić information content (AvgIpc) is 2.43. The summed E-state index contributed by atoms with van der Waals surface area (Å²) in [5.41, 5.74) is 5.12. The fourth-order valence-corrected chi connectivity index (χ4v) is 4.17. The molecule has 1 atom stereocenters. The van der Waals surface area contributed by atoms with Gasteiger partial charge in [-0.05, 0) is 54.1 Å². The Bertz CT molecular complexity index is 571. The van der Waals surface area contributed by atoms with Crippen LogP contribution in [0.4, 0.5) is 0 Å². The van der Waals surface area contributed by atoms with Gasteiger partial charge in [-0.3, -0.25) is 4.79 Å². The maximum absolute atomic E-state index is 13.2. The van der Waals surface area contributed by atoms with Gasteiger partial charge < -0.3 is 0 Å². The van der Waals surface area contributed by atoms with E-state index < -0.39 is 0 Å². The van der Waals surface area contributed by atoms with E-state index in [-0.39, 0.29) is 16.2 Å². The van der Waals surface area contributed by atoms with Gasteiger partial charge in [0.15, 0.2) is 5.52 Å². The third-order valence-corrected chi connectivity index (χ3v) is 5.84. The van der Waals surface area contributed by atoms with Gasteiger partial charge in [-0.25, -0.2) is 0 Å². The molecule has 1 unspecified atom stereocenters. The number of rotatable bonds is 5. The van der Waals surface area contributed by atoms with Crippen LogP contribution in [0.25, 0.3) is 0 Å². The van der Waals surface area contributed by atoms with Crippen LogP contribution in [-0.2, 0) is 16.2 Å². The summed E-state index contributed by atoms with van der Waals surface area (Å²) in [6.45, 7) is 22.3. The Morgan fingerprint density at radius 3 is 1.60 bits per heavy atom. The summed E-state index contributed by atoms with van der Waals surface area (Å²) >= 11 is 0. The topological polar surface area (TPSA) is 17.1 Å². The van der Waals surface area contributed by atoms with E-state index in [0.717, 1.165) is 24.6 Å². The van der Waals surface area contributed by atoms with E-state index in [0.29, 0.717) is 14.1 Å². The summed E-state index contributed by atoms with van der Waals surface area (Å²) in [6.07, 6.45) is 3.31. The Balaban J connectivity index is 3.68. The van der Waals surface area contributed by atoms with E-state index in [9.17, 15) is 4.79 Å². The molecule has 1 rings (SSSR count). The zero-order valence-corrected chi connectivity index (χ0v) is 19.2. The molecule has 25 heavy (non-hydrogen) atoms. The fraction of sp³-hybridized carbons (Fsp3) is 0.696. The highest BCUT2D eigenvalue weighted by atomic mass is 31.1. The molecule has 0 aliphatic heterocycles. The Labute approximate surface area is 158 Å². The predicted molar refractivity (Wildman–Crippen MR) is 115 cm³/mol. The van der Waals surface area contributed by atoms with Crippen LogP contribution in [0.3, 0.4) is 0 Å². The molecular weight excluding hydrogens is 323 g/mol. The molecule has 0 saturated carbocycles. The lowest BCUT2D eigenvalue weighted by Crippen LogP contribution is -2.25. The Hall–Kier alpha value is -0.680. The zero-order valence-electron chi connectivity index (χ0n) is 18.2. The van der Waals surface area contributed by atoms with E-state index >= 15 is 0 Å². The van der Waals surface area contributed by atoms with Gasteiger partial charge in [0.1, 0.15) is 0 Å². The molecule has 0 bridgehead atoms. The van der Waals surface area contributed by atoms with Crippen molar-refractivity contribution in [3.05, 3.63) is 34.4 Å². The van der Waals surface area contributed by atoms with Gasteiger partial charge in [0, 0.05) is 5.56 Å². The minimum atomic E-state index is -0.0402. The van der Waals surface area contributed by atoms with Crippen LogP contribution < -0.4 is 0 Å². The predicted octanol–water partition coefficient (Wildman–Crippen LogP) is 7.20. The molecule has 0 amide bonds. The molecule has 0 aromatic heterocycles. The van der Waals surface area contributed by atoms with Crippen LogP contribution in [0.5, 0.6) is 0 Å². The summed E-state index contributed by atoms with van der Waals surface area (Å²) in [5, 5.41) is 0. The van der Waals surface area contributed by atoms with Gasteiger partial charge in [-0.15, -0.1) is 0 Å². The van der Waals surface area contributed by atoms with E-state index in [1.54, 1.807) is 0 Å². The molecule has 0 N–H and O–H groups in total. The number of hydrogen-bond donors (Lipinski definition) is 0. The smallest absolute Gasteiger partial charge is 0.181 e. The van der Waals surface area contributed by atoms with Gasteiger partial charge >= 0.3 is 0 Å². The maximum atomic E-state index is 13.2. The van der Waals surface area contributed by atoms with Gasteiger partial charge in [-0.2, -0.15) is 0 Å². The molecular formula is C23H39OP. The minimum absolute atomic E-state index is 0.0402. The van der Waals surface area contributed by atoms with Crippen molar-refractivity contribution in [2.45, 2.75) is 98.3 Å². The Kier molecular flexibility index (Phi) is 7.08. The summed E-state index contributed by atoms with van der Waals surface area (Å²) in [5.74, 6) is 0. The van der Waals surface area contributed by atoms with Crippen LogP contribution in [-0.4, -0.2) is 11.7 Å². The first-order valence-corrected chi connectivity index (χ1v) is 10.9. The quantitative estimate of drug-likeness (QED) is 0.400. The zero-order chi connectivity index (χ0) is 19.6. The van der Waals surface area contributed by atoms with Crippen molar-refractivity contribution in [1.29, 1.82) is 0 Å². The monoisotopic (exact) mass is 362 g/mol. The van der Waals surface area contributed by atoms with Gasteiger partial charge in [0.05, 0.1) is 0 Å². The molecule has 0 aliphatic rings. The van der Waals surface area contributed by atoms with Crippen LogP contribution in [0.1, 0.15) is 109 Å². The minimum Gasteiger partial charge on any atom is -0.289 e. The largest absolute Gasteiger partial charge is 0.289 e. The summed E-state index contributed by atoms with van der Waals surface area (Å²) in [7, 11) is 0.386. The molecule has 1 aromatic rings. The number of carbonyl (C=O) groups is 1. The van der Waals surface area contributed by atoms with Crippen LogP contribution in [0.2, 0.25) is 0 Å². The van der Waals surface area contributed by atoms with Crippen LogP contribution >= 0.6 is 8.58 Å². The van der Waals surface area contributed by atoms with E-state index in [1.165, 1.54) is 16.7 Å². The second kappa shape index (κ2) is 7.91. The first-order chi connectivity index (χ1) is 11.2. The lowest BCUT2D eigenvalue weighted by Gasteiger charge is -2.33. The molecule has 1 nitrogen and oxygen atoms in total. The number of benzene rings is 1. The maximum Gasteiger partial charge on any atom is 0.181 e. The molecule has 0 heterocycles. The molecule has 0 spiro atoms. The van der Waals surface area contributed by atoms with Crippen molar-refractivity contribution in [1.82, 2.24) is 0 Å². The lowest BCUT2D eigenvalue weighted by molar-refractivity contribution is 0.108. The van der Waals surface area contributed by atoms with Crippen LogP contribution in [0.15, 0.2) is 12.1 Å². The first-order valence-electron chi connectivity index (χ1n) is 9.67. The number of unbranched alkanes of at least 4 members (excludes halogenated alkanes) is 1. The van der Waals surface area contributed by atoms with E-state index in [4.69, 9.17) is 0 Å². The Morgan fingerprint density at radius 2 is 1.28 bits per heavy atom. The van der Waals surface area contributed by atoms with Crippen molar-refractivity contribution in [2.75, 3.05) is 6.16 Å². The van der Waals surface area contributed by atoms with Gasteiger partial charge in [-0.1, -0.05) is 87.8 Å². The van der Waals surface area contributed by atoms with E-state index in [1.807, 2.05) is 0 Å². The number of carbonyl (C=O) groups excluding carboxylic acids is 1. The summed E-state index contributed by atoms with van der Waals surface area (Å²) < 4.78 is 0. The lowest BCUT2D eigenvalue weighted by atomic mass is 9.72. The average molecular weight is 363 g/mol. The van der Waals surface area contributed by atoms with Crippen molar-refractivity contribution in [2.24, 2.45) is 0 Å². The van der Waals surface area contributed by atoms with Crippen molar-refractivity contribution < 1.29 is 4.79 Å². The van der Waals surface area contributed by atoms with Crippen LogP contribution in [0, 0.1) is 0 Å². The number of hydrogen-bond acceptors (Lipinski definition) is 1. The molecule has 0 aliphatic carbocycles. The molecule has 142 valence electrons. The second-order valence-corrected chi connectivity index (χ2v) is 11.6. The highest BCUT2D eigenvalue weighted by Crippen LogP contribution is 2.40. The van der Waals surface area contributed by atoms with Gasteiger partial charge in [0.25, 0.3) is 0 Å². The third kappa shape index (κ3) is 5.92. The SMILES string of the molecule is CCCCPC(=O)c1c(C(C)(C)C)cc(C(C)(C)C)cc1C(C)(C)C. The third-order valence-electron chi connectivity index (χ3n) is 4.66. The second-order valence-electron chi connectivity index (χ2n) is 10.3. The van der Waals surface area contributed by atoms with E-state index in [2.05, 4.69) is 81.4 Å². The summed E-state index contributed by atoms with van der Waals surface area (Å²) in [6, 6.07) is 4.60. The first kappa shape index (κ1) is 22.4. The van der Waals surface area contributed by atoms with Crippen molar-refractivity contribution in [3.8, 4) is 0 Å². The van der Waals surface area contributed by atoms with Gasteiger partial charge in [0.2, 0.25) is 0 Å². The van der Waals surface area contributed by atoms with Crippen molar-refractivity contribution >= 4 is 14.1 Å². The van der Waals surface area contributed by atoms with Crippen molar-refractivity contribution in [3.63, 3.8) is 0 Å².